The third-order valence-corrected chi connectivity index (χ3v) is 2.62. The van der Waals surface area contributed by atoms with Gasteiger partial charge in [-0.05, 0) is 29.8 Å². The van der Waals surface area contributed by atoms with Crippen LogP contribution < -0.4 is 27.1 Å². The minimum absolute atomic E-state index is 0. The maximum atomic E-state index is 11.6. The van der Waals surface area contributed by atoms with Gasteiger partial charge in [-0.25, -0.2) is 5.43 Å². The van der Waals surface area contributed by atoms with E-state index in [2.05, 4.69) is 10.5 Å². The molecule has 6 heteroatoms. The molecule has 1 amide bonds. The van der Waals surface area contributed by atoms with Crippen LogP contribution in [-0.2, 0) is 11.3 Å². The van der Waals surface area contributed by atoms with Crippen molar-refractivity contribution in [3.63, 3.8) is 0 Å². The molecule has 0 unspecified atom stereocenters. The van der Waals surface area contributed by atoms with E-state index in [0.29, 0.717) is 0 Å². The Morgan fingerprint density at radius 2 is 1.90 bits per heavy atom. The Balaban J connectivity index is 0.00000220. The number of amides is 1. The zero-order chi connectivity index (χ0) is 14.2. The fourth-order valence-electron chi connectivity index (χ4n) is 1.61. The Morgan fingerprint density at radius 3 is 2.52 bits per heavy atom. The summed E-state index contributed by atoms with van der Waals surface area (Å²) in [4.78, 5) is 11.6. The molecule has 1 N–H and O–H groups in total. The summed E-state index contributed by atoms with van der Waals surface area (Å²) in [7, 11) is 1.62. The van der Waals surface area contributed by atoms with Crippen LogP contribution >= 0.6 is 0 Å². The number of rotatable bonds is 5. The van der Waals surface area contributed by atoms with Crippen molar-refractivity contribution in [3.05, 3.63) is 60.4 Å². The molecule has 0 atom stereocenters. The number of halogens is 1. The van der Waals surface area contributed by atoms with Crippen LogP contribution in [0.1, 0.15) is 5.56 Å². The highest BCUT2D eigenvalue weighted by Gasteiger charge is 2.06. The molecule has 0 spiro atoms. The van der Waals surface area contributed by atoms with Gasteiger partial charge in [0.2, 0.25) is 6.54 Å². The average molecular weight is 306 g/mol. The van der Waals surface area contributed by atoms with Crippen LogP contribution in [0.3, 0.4) is 0 Å². The number of aromatic nitrogens is 1. The zero-order valence-electron chi connectivity index (χ0n) is 11.6. The van der Waals surface area contributed by atoms with E-state index in [9.17, 15) is 4.79 Å². The Morgan fingerprint density at radius 1 is 1.24 bits per heavy atom. The maximum Gasteiger partial charge on any atom is 0.305 e. The third-order valence-electron chi connectivity index (χ3n) is 2.62. The zero-order valence-corrected chi connectivity index (χ0v) is 12.3. The first-order valence-corrected chi connectivity index (χ1v) is 6.18. The summed E-state index contributed by atoms with van der Waals surface area (Å²) in [5.41, 5.74) is 3.37. The minimum atomic E-state index is -0.175. The molecule has 0 aliphatic rings. The number of benzene rings is 1. The summed E-state index contributed by atoms with van der Waals surface area (Å²) in [6.45, 7) is 0.237. The molecule has 0 aliphatic heterocycles. The topological polar surface area (TPSA) is 54.6 Å². The van der Waals surface area contributed by atoms with Crippen molar-refractivity contribution in [3.8, 4) is 5.75 Å². The molecule has 2 aromatic rings. The first-order valence-electron chi connectivity index (χ1n) is 6.18. The number of carbonyl (C=O) groups is 1. The van der Waals surface area contributed by atoms with Gasteiger partial charge in [0.15, 0.2) is 12.4 Å². The molecule has 0 fully saturated rings. The Hall–Kier alpha value is -2.40. The number of hydrogen-bond acceptors (Lipinski definition) is 3. The predicted molar refractivity (Wildman–Crippen MR) is 75.4 cm³/mol. The van der Waals surface area contributed by atoms with E-state index >= 15 is 0 Å². The fourth-order valence-corrected chi connectivity index (χ4v) is 1.61. The van der Waals surface area contributed by atoms with Crippen molar-refractivity contribution in [1.82, 2.24) is 5.43 Å². The van der Waals surface area contributed by atoms with E-state index in [4.69, 9.17) is 4.74 Å². The monoisotopic (exact) mass is 305 g/mol. The molecule has 0 saturated carbocycles. The van der Waals surface area contributed by atoms with Crippen molar-refractivity contribution < 1.29 is 26.5 Å². The number of hydrogen-bond donors (Lipinski definition) is 1. The van der Waals surface area contributed by atoms with Crippen LogP contribution in [0.25, 0.3) is 0 Å². The van der Waals surface area contributed by atoms with Crippen molar-refractivity contribution in [2.45, 2.75) is 6.54 Å². The van der Waals surface area contributed by atoms with Crippen LogP contribution in [0.2, 0.25) is 0 Å². The van der Waals surface area contributed by atoms with Crippen LogP contribution in [0.4, 0.5) is 0 Å². The molecule has 0 saturated heterocycles. The first kappa shape index (κ1) is 16.7. The van der Waals surface area contributed by atoms with Crippen LogP contribution in [0, 0.1) is 0 Å². The highest BCUT2D eigenvalue weighted by Crippen LogP contribution is 2.09. The smallest absolute Gasteiger partial charge is 0.305 e. The molecule has 1 heterocycles. The lowest BCUT2D eigenvalue weighted by Gasteiger charge is -1.99. The minimum Gasteiger partial charge on any atom is -1.00 e. The second-order valence-corrected chi connectivity index (χ2v) is 4.11. The predicted octanol–water partition coefficient (Wildman–Crippen LogP) is -1.86. The molecular weight excluding hydrogens is 290 g/mol. The summed E-state index contributed by atoms with van der Waals surface area (Å²) in [6.07, 6.45) is 5.24. The molecule has 1 aromatic carbocycles. The van der Waals surface area contributed by atoms with Crippen LogP contribution in [-0.4, -0.2) is 19.2 Å². The van der Waals surface area contributed by atoms with E-state index in [-0.39, 0.29) is 24.9 Å². The summed E-state index contributed by atoms with van der Waals surface area (Å²) < 4.78 is 6.84. The van der Waals surface area contributed by atoms with Crippen LogP contribution in [0.5, 0.6) is 5.75 Å². The summed E-state index contributed by atoms with van der Waals surface area (Å²) >= 11 is 0. The number of nitrogens with zero attached hydrogens (tertiary/aromatic N) is 2. The average Bonchev–Trinajstić information content (AvgIpc) is 2.49. The molecule has 2 rings (SSSR count). The molecule has 5 nitrogen and oxygen atoms in total. The third kappa shape index (κ3) is 5.62. The first-order chi connectivity index (χ1) is 9.78. The quantitative estimate of drug-likeness (QED) is 0.400. The van der Waals surface area contributed by atoms with Gasteiger partial charge in [-0.2, -0.15) is 9.67 Å². The molecule has 0 bridgehead atoms. The Kier molecular flexibility index (Phi) is 6.91. The summed E-state index contributed by atoms with van der Waals surface area (Å²) in [5.74, 6) is 0.609. The van der Waals surface area contributed by atoms with Crippen molar-refractivity contribution in [2.24, 2.45) is 5.10 Å². The Labute approximate surface area is 129 Å². The molecular formula is C15H16ClN3O2. The number of methoxy groups -OCH3 is 1. The van der Waals surface area contributed by atoms with Gasteiger partial charge in [0.25, 0.3) is 0 Å². The fraction of sp³-hybridized carbons (Fsp3) is 0.133. The highest BCUT2D eigenvalue weighted by molar-refractivity contribution is 5.82. The van der Waals surface area contributed by atoms with Gasteiger partial charge in [0.1, 0.15) is 5.75 Å². The highest BCUT2D eigenvalue weighted by atomic mass is 35.5. The number of ether oxygens (including phenoxy) is 1. The van der Waals surface area contributed by atoms with E-state index in [0.717, 1.165) is 11.3 Å². The molecule has 0 aliphatic carbocycles. The summed E-state index contributed by atoms with van der Waals surface area (Å²) in [6, 6.07) is 13.0. The summed E-state index contributed by atoms with van der Waals surface area (Å²) in [5, 5.41) is 3.91. The molecule has 21 heavy (non-hydrogen) atoms. The van der Waals surface area contributed by atoms with Crippen LogP contribution in [0.15, 0.2) is 60.0 Å². The van der Waals surface area contributed by atoms with Gasteiger partial charge >= 0.3 is 5.91 Å². The van der Waals surface area contributed by atoms with Gasteiger partial charge in [0.05, 0.1) is 13.3 Å². The van der Waals surface area contributed by atoms with Gasteiger partial charge in [-0.1, -0.05) is 6.07 Å². The largest absolute Gasteiger partial charge is 1.00 e. The van der Waals surface area contributed by atoms with Crippen molar-refractivity contribution in [2.75, 3.05) is 7.11 Å². The second-order valence-electron chi connectivity index (χ2n) is 4.11. The SMILES string of the molecule is COc1ccc(/C=N/NC(=O)C[n+]2ccccc2)cc1.[Cl-]. The second kappa shape index (κ2) is 8.71. The number of carbonyl (C=O) groups excluding carboxylic acids is 1. The van der Waals surface area contributed by atoms with Gasteiger partial charge in [-0.3, -0.25) is 4.79 Å². The molecule has 110 valence electrons. The van der Waals surface area contributed by atoms with Gasteiger partial charge < -0.3 is 17.1 Å². The number of nitrogens with one attached hydrogen (secondary N) is 1. The number of pyridine rings is 1. The van der Waals surface area contributed by atoms with Gasteiger partial charge in [0, 0.05) is 12.1 Å². The van der Waals surface area contributed by atoms with Gasteiger partial charge in [-0.15, -0.1) is 0 Å². The lowest BCUT2D eigenvalue weighted by Crippen LogP contribution is -3.00. The molecule has 1 aromatic heterocycles. The standard InChI is InChI=1S/C15H15N3O2.ClH/c1-20-14-7-5-13(6-8-14)11-16-17-15(19)12-18-9-3-2-4-10-18;/h2-11H,12H2,1H3;1H/b16-11+;. The lowest BCUT2D eigenvalue weighted by atomic mass is 10.2. The van der Waals surface area contributed by atoms with E-state index < -0.39 is 0 Å². The van der Waals surface area contributed by atoms with E-state index in [1.54, 1.807) is 17.9 Å². The number of hydrazone groups is 1. The molecule has 0 radical (unpaired) electrons. The van der Waals surface area contributed by atoms with Crippen molar-refractivity contribution >= 4 is 12.1 Å². The maximum absolute atomic E-state index is 11.6. The Bertz CT molecular complexity index is 586. The normalized spacial score (nSPS) is 9.95. The lowest BCUT2D eigenvalue weighted by molar-refractivity contribution is -0.684. The van der Waals surface area contributed by atoms with E-state index in [1.807, 2.05) is 54.9 Å². The van der Waals surface area contributed by atoms with Crippen molar-refractivity contribution in [1.29, 1.82) is 0 Å². The van der Waals surface area contributed by atoms with E-state index in [1.165, 1.54) is 0 Å².